The number of rotatable bonds is 2. The average molecular weight is 415 g/mol. The number of benzene rings is 2. The number of sulfonamides is 1. The van der Waals surface area contributed by atoms with Crippen LogP contribution in [0.3, 0.4) is 0 Å². The van der Waals surface area contributed by atoms with E-state index in [9.17, 15) is 26.4 Å². The summed E-state index contributed by atoms with van der Waals surface area (Å²) in [4.78, 5) is 12.3. The molecule has 0 atom stereocenters. The molecule has 0 fully saturated rings. The minimum atomic E-state index is -5.45. The zero-order chi connectivity index (χ0) is 21.1. The summed E-state index contributed by atoms with van der Waals surface area (Å²) < 4.78 is 68.8. The van der Waals surface area contributed by atoms with Crippen molar-refractivity contribution in [2.24, 2.45) is 5.41 Å². The molecule has 0 spiro atoms. The van der Waals surface area contributed by atoms with Crippen molar-refractivity contribution in [2.75, 3.05) is 0 Å². The van der Waals surface area contributed by atoms with Crippen LogP contribution in [0, 0.1) is 12.3 Å². The van der Waals surface area contributed by atoms with Crippen molar-refractivity contribution >= 4 is 26.8 Å². The second-order valence-electron chi connectivity index (χ2n) is 7.88. The van der Waals surface area contributed by atoms with Gasteiger partial charge in [0, 0.05) is 18.5 Å². The first kappa shape index (κ1) is 20.6. The summed E-state index contributed by atoms with van der Waals surface area (Å²) in [6.07, 6.45) is 0. The maximum absolute atomic E-state index is 13.0. The van der Waals surface area contributed by atoms with Gasteiger partial charge in [-0.2, -0.15) is 17.5 Å². The molecule has 152 valence electrons. The van der Waals surface area contributed by atoms with Gasteiger partial charge in [-0.3, -0.25) is 4.79 Å². The fourth-order valence-corrected chi connectivity index (χ4v) is 4.08. The largest absolute Gasteiger partial charge is 0.511 e. The Morgan fingerprint density at radius 1 is 1.11 bits per heavy atom. The third-order valence-corrected chi connectivity index (χ3v) is 6.12. The molecule has 0 saturated heterocycles. The normalized spacial score (nSPS) is 15.7. The van der Waals surface area contributed by atoms with Crippen LogP contribution in [0.1, 0.15) is 37.5 Å². The summed E-state index contributed by atoms with van der Waals surface area (Å²) in [7, 11) is -5.45. The van der Waals surface area contributed by atoms with Crippen LogP contribution in [-0.2, 0) is 27.9 Å². The topological polar surface area (TPSA) is 63.7 Å². The Bertz CT molecular complexity index is 1070. The smallest absolute Gasteiger partial charge is 0.425 e. The Morgan fingerprint density at radius 2 is 1.71 bits per heavy atom. The van der Waals surface area contributed by atoms with E-state index in [2.05, 4.69) is 0 Å². The van der Waals surface area contributed by atoms with Crippen molar-refractivity contribution in [3.8, 4) is 5.75 Å². The molecule has 0 radical (unpaired) electrons. The van der Waals surface area contributed by atoms with Crippen molar-refractivity contribution < 1.29 is 31.1 Å². The van der Waals surface area contributed by atoms with Gasteiger partial charge in [-0.05, 0) is 49.8 Å². The Morgan fingerprint density at radius 3 is 2.29 bits per heavy atom. The van der Waals surface area contributed by atoms with E-state index in [0.29, 0.717) is 37.5 Å². The third-order valence-electron chi connectivity index (χ3n) is 4.60. The van der Waals surface area contributed by atoms with Crippen molar-refractivity contribution in [1.82, 2.24) is 4.31 Å². The van der Waals surface area contributed by atoms with E-state index in [0.717, 1.165) is 0 Å². The van der Waals surface area contributed by atoms with Crippen LogP contribution in [0.4, 0.5) is 13.2 Å². The zero-order valence-electron chi connectivity index (χ0n) is 15.8. The maximum Gasteiger partial charge on any atom is 0.511 e. The molecule has 0 aliphatic carbocycles. The van der Waals surface area contributed by atoms with Gasteiger partial charge in [-0.25, -0.2) is 8.42 Å². The van der Waals surface area contributed by atoms with Gasteiger partial charge in [0.05, 0.1) is 5.41 Å². The molecular weight excluding hydrogens is 395 g/mol. The first-order valence-electron chi connectivity index (χ1n) is 8.56. The molecule has 1 heterocycles. The number of hydrogen-bond acceptors (Lipinski definition) is 4. The first-order valence-corrected chi connectivity index (χ1v) is 10.0. The number of hydrogen-bond donors (Lipinski definition) is 0. The summed E-state index contributed by atoms with van der Waals surface area (Å²) in [5.41, 5.74) is -4.68. The van der Waals surface area contributed by atoms with Crippen LogP contribution in [-0.4, -0.2) is 24.2 Å². The van der Waals surface area contributed by atoms with Crippen LogP contribution < -0.4 is 4.74 Å². The number of nitrogens with zero attached hydrogens (tertiary/aromatic N) is 1. The van der Waals surface area contributed by atoms with Crippen molar-refractivity contribution in [2.45, 2.75) is 46.3 Å². The van der Waals surface area contributed by atoms with Gasteiger partial charge in [-0.15, -0.1) is 0 Å². The van der Waals surface area contributed by atoms with Crippen LogP contribution >= 0.6 is 0 Å². The van der Waals surface area contributed by atoms with Crippen LogP contribution in [0.15, 0.2) is 24.3 Å². The Labute approximate surface area is 161 Å². The highest BCUT2D eigenvalue weighted by atomic mass is 32.2. The van der Waals surface area contributed by atoms with Crippen molar-refractivity contribution in [3.05, 3.63) is 41.0 Å². The summed E-state index contributed by atoms with van der Waals surface area (Å²) in [5, 5.41) is 1.20. The fraction of sp³-hybridized carbons (Fsp3) is 0.421. The van der Waals surface area contributed by atoms with Gasteiger partial charge in [0.25, 0.3) is 0 Å². The molecule has 0 unspecified atom stereocenters. The molecule has 3 rings (SSSR count). The van der Waals surface area contributed by atoms with E-state index in [1.54, 1.807) is 52.0 Å². The first-order chi connectivity index (χ1) is 12.7. The highest BCUT2D eigenvalue weighted by Crippen LogP contribution is 2.41. The number of esters is 1. The van der Waals surface area contributed by atoms with Crippen molar-refractivity contribution in [1.29, 1.82) is 0 Å². The van der Waals surface area contributed by atoms with E-state index < -0.39 is 40.0 Å². The minimum absolute atomic E-state index is 0.340. The summed E-state index contributed by atoms with van der Waals surface area (Å²) in [5.74, 6) is -0.0963. The number of ether oxygens (including phenoxy) is 1. The van der Waals surface area contributed by atoms with Crippen LogP contribution in [0.5, 0.6) is 5.75 Å². The molecule has 1 aliphatic heterocycles. The quantitative estimate of drug-likeness (QED) is 0.543. The Hall–Kier alpha value is -2.13. The molecular formula is C19H20F3NO4S. The summed E-state index contributed by atoms with van der Waals surface area (Å²) in [6.45, 7) is 6.03. The number of carbonyl (C=O) groups excluding carboxylic acids is 1. The highest BCUT2D eigenvalue weighted by molar-refractivity contribution is 7.89. The monoisotopic (exact) mass is 415 g/mol. The lowest BCUT2D eigenvalue weighted by Gasteiger charge is -2.30. The lowest BCUT2D eigenvalue weighted by molar-refractivity contribution is -0.142. The summed E-state index contributed by atoms with van der Waals surface area (Å²) >= 11 is 0. The molecule has 0 N–H and O–H groups in total. The van der Waals surface area contributed by atoms with E-state index in [1.165, 1.54) is 0 Å². The molecule has 9 heteroatoms. The van der Waals surface area contributed by atoms with Crippen molar-refractivity contribution in [3.63, 3.8) is 0 Å². The van der Waals surface area contributed by atoms with Gasteiger partial charge < -0.3 is 4.74 Å². The standard InChI is InChI=1S/C19H20F3NO4S/c1-11-8-13-10-23(28(25,26)19(20,21)22)9-12-6-5-7-14(15(12)13)16(11)27-17(24)18(2,3)4/h5-8H,9-10H2,1-4H3. The molecule has 1 aliphatic rings. The fourth-order valence-electron chi connectivity index (χ4n) is 3.17. The second kappa shape index (κ2) is 6.45. The van der Waals surface area contributed by atoms with Gasteiger partial charge >= 0.3 is 21.5 Å². The molecule has 0 aromatic heterocycles. The Balaban J connectivity index is 2.13. The molecule has 0 amide bonds. The SMILES string of the molecule is Cc1cc2c3c(cccc3c1OC(=O)C(C)(C)C)CN(S(=O)(=O)C(F)(F)F)C2. The average Bonchev–Trinajstić information content (AvgIpc) is 2.56. The number of aryl methyl sites for hydroxylation is 1. The lowest BCUT2D eigenvalue weighted by atomic mass is 9.93. The maximum atomic E-state index is 13.0. The molecule has 2 aromatic carbocycles. The predicted octanol–water partition coefficient (Wildman–Crippen LogP) is 4.26. The van der Waals surface area contributed by atoms with Crippen LogP contribution in [0.25, 0.3) is 10.8 Å². The number of alkyl halides is 3. The van der Waals surface area contributed by atoms with E-state index in [4.69, 9.17) is 4.74 Å². The van der Waals surface area contributed by atoms with E-state index in [-0.39, 0.29) is 0 Å². The van der Waals surface area contributed by atoms with Gasteiger partial charge in [0.15, 0.2) is 0 Å². The van der Waals surface area contributed by atoms with Gasteiger partial charge in [-0.1, -0.05) is 24.3 Å². The predicted molar refractivity (Wildman–Crippen MR) is 98.0 cm³/mol. The number of carbonyl (C=O) groups is 1. The second-order valence-corrected chi connectivity index (χ2v) is 9.81. The van der Waals surface area contributed by atoms with E-state index in [1.807, 2.05) is 0 Å². The minimum Gasteiger partial charge on any atom is -0.425 e. The summed E-state index contributed by atoms with van der Waals surface area (Å²) in [6, 6.07) is 6.48. The highest BCUT2D eigenvalue weighted by Gasteiger charge is 2.50. The number of halogens is 3. The van der Waals surface area contributed by atoms with Gasteiger partial charge in [0.1, 0.15) is 5.75 Å². The Kier molecular flexibility index (Phi) is 4.75. The van der Waals surface area contributed by atoms with E-state index >= 15 is 0 Å². The van der Waals surface area contributed by atoms with Crippen LogP contribution in [0.2, 0.25) is 0 Å². The zero-order valence-corrected chi connectivity index (χ0v) is 16.7. The third kappa shape index (κ3) is 3.37. The molecule has 0 bridgehead atoms. The lowest BCUT2D eigenvalue weighted by Crippen LogP contribution is -2.41. The molecule has 2 aromatic rings. The molecule has 0 saturated carbocycles. The van der Waals surface area contributed by atoms with Gasteiger partial charge in [0.2, 0.25) is 0 Å². The molecule has 28 heavy (non-hydrogen) atoms. The molecule has 5 nitrogen and oxygen atoms in total.